The molecule has 4 nitrogen and oxygen atoms in total. The van der Waals surface area contributed by atoms with Crippen molar-refractivity contribution in [3.63, 3.8) is 0 Å². The number of benzene rings is 1. The molecule has 0 spiro atoms. The monoisotopic (exact) mass is 393 g/mol. The SMILES string of the molecule is O=C(NCCc1cccs1)c1ccc(C[S@](=O)c2cccc(Cl)c2)o1. The predicted molar refractivity (Wildman–Crippen MR) is 101 cm³/mol. The Kier molecular flexibility index (Phi) is 6.07. The lowest BCUT2D eigenvalue weighted by Crippen LogP contribution is -2.25. The molecule has 1 aromatic carbocycles. The second kappa shape index (κ2) is 8.47. The summed E-state index contributed by atoms with van der Waals surface area (Å²) in [6, 6.07) is 14.2. The van der Waals surface area contributed by atoms with Gasteiger partial charge in [0, 0.05) is 21.3 Å². The second-order valence-electron chi connectivity index (χ2n) is 5.30. The van der Waals surface area contributed by atoms with Crippen LogP contribution in [0.2, 0.25) is 5.02 Å². The summed E-state index contributed by atoms with van der Waals surface area (Å²) in [5.41, 5.74) is 0. The molecule has 0 aliphatic heterocycles. The Morgan fingerprint density at radius 3 is 2.84 bits per heavy atom. The lowest BCUT2D eigenvalue weighted by molar-refractivity contribution is 0.0925. The van der Waals surface area contributed by atoms with Crippen molar-refractivity contribution in [2.75, 3.05) is 6.54 Å². The summed E-state index contributed by atoms with van der Waals surface area (Å²) in [6.45, 7) is 0.545. The van der Waals surface area contributed by atoms with E-state index in [1.807, 2.05) is 17.5 Å². The minimum atomic E-state index is -1.28. The van der Waals surface area contributed by atoms with Crippen LogP contribution in [0.5, 0.6) is 0 Å². The van der Waals surface area contributed by atoms with Gasteiger partial charge in [-0.2, -0.15) is 0 Å². The molecule has 0 saturated heterocycles. The molecule has 0 aliphatic carbocycles. The smallest absolute Gasteiger partial charge is 0.287 e. The number of amides is 1. The fraction of sp³-hybridized carbons (Fsp3) is 0.167. The highest BCUT2D eigenvalue weighted by atomic mass is 35.5. The molecule has 0 radical (unpaired) electrons. The number of carbonyl (C=O) groups excluding carboxylic acids is 1. The summed E-state index contributed by atoms with van der Waals surface area (Å²) < 4.78 is 17.9. The van der Waals surface area contributed by atoms with E-state index < -0.39 is 10.8 Å². The normalized spacial score (nSPS) is 12.0. The lowest BCUT2D eigenvalue weighted by atomic mass is 10.3. The standard InChI is InChI=1S/C18H16ClNO3S2/c19-13-3-1-5-16(11-13)25(22)12-14-6-7-17(23-14)18(21)20-9-8-15-4-2-10-24-15/h1-7,10-11H,8-9,12H2,(H,20,21)/t25-/m0/s1. The van der Waals surface area contributed by atoms with Crippen molar-refractivity contribution in [2.24, 2.45) is 0 Å². The number of thiophene rings is 1. The minimum Gasteiger partial charge on any atom is -0.455 e. The summed E-state index contributed by atoms with van der Waals surface area (Å²) in [5.74, 6) is 0.658. The molecule has 0 bridgehead atoms. The first-order valence-corrected chi connectivity index (χ1v) is 10.2. The number of nitrogens with one attached hydrogen (secondary N) is 1. The maximum Gasteiger partial charge on any atom is 0.287 e. The van der Waals surface area contributed by atoms with E-state index in [9.17, 15) is 9.00 Å². The molecule has 1 N–H and O–H groups in total. The summed E-state index contributed by atoms with van der Waals surface area (Å²) in [7, 11) is -1.28. The van der Waals surface area contributed by atoms with Gasteiger partial charge in [-0.15, -0.1) is 11.3 Å². The Balaban J connectivity index is 1.54. The van der Waals surface area contributed by atoms with Crippen molar-refractivity contribution < 1.29 is 13.4 Å². The van der Waals surface area contributed by atoms with E-state index in [0.29, 0.717) is 22.2 Å². The molecule has 1 amide bonds. The molecule has 0 saturated carbocycles. The van der Waals surface area contributed by atoms with Crippen molar-refractivity contribution >= 4 is 39.6 Å². The third-order valence-electron chi connectivity index (χ3n) is 3.45. The van der Waals surface area contributed by atoms with Gasteiger partial charge in [-0.1, -0.05) is 23.7 Å². The first kappa shape index (κ1) is 17.9. The fourth-order valence-corrected chi connectivity index (χ4v) is 4.27. The molecule has 2 heterocycles. The molecule has 1 atom stereocenters. The zero-order valence-corrected chi connectivity index (χ0v) is 15.6. The molecule has 130 valence electrons. The highest BCUT2D eigenvalue weighted by Gasteiger charge is 2.13. The Hall–Kier alpha value is -1.89. The van der Waals surface area contributed by atoms with Crippen LogP contribution >= 0.6 is 22.9 Å². The van der Waals surface area contributed by atoms with Crippen LogP contribution < -0.4 is 5.32 Å². The molecule has 0 unspecified atom stereocenters. The van der Waals surface area contributed by atoms with Crippen molar-refractivity contribution in [2.45, 2.75) is 17.1 Å². The van der Waals surface area contributed by atoms with Crippen LogP contribution in [0.3, 0.4) is 0 Å². The van der Waals surface area contributed by atoms with Crippen molar-refractivity contribution in [3.8, 4) is 0 Å². The van der Waals surface area contributed by atoms with E-state index in [0.717, 1.165) is 6.42 Å². The van der Waals surface area contributed by atoms with Crippen LogP contribution in [-0.2, 0) is 23.0 Å². The minimum absolute atomic E-state index is 0.197. The molecule has 0 fully saturated rings. The molecule has 7 heteroatoms. The Morgan fingerprint density at radius 1 is 1.20 bits per heavy atom. The topological polar surface area (TPSA) is 59.3 Å². The van der Waals surface area contributed by atoms with Crippen LogP contribution in [0.1, 0.15) is 21.2 Å². The van der Waals surface area contributed by atoms with Gasteiger partial charge in [0.1, 0.15) is 5.76 Å². The lowest BCUT2D eigenvalue weighted by Gasteiger charge is -2.02. The quantitative estimate of drug-likeness (QED) is 0.651. The van der Waals surface area contributed by atoms with Gasteiger partial charge in [0.2, 0.25) is 0 Å². The highest BCUT2D eigenvalue weighted by molar-refractivity contribution is 7.84. The van der Waals surface area contributed by atoms with E-state index in [2.05, 4.69) is 5.32 Å². The Bertz CT molecular complexity index is 874. The van der Waals surface area contributed by atoms with Gasteiger partial charge in [-0.05, 0) is 48.2 Å². The van der Waals surface area contributed by atoms with Crippen molar-refractivity contribution in [1.29, 1.82) is 0 Å². The molecule has 3 rings (SSSR count). The molecular weight excluding hydrogens is 378 g/mol. The van der Waals surface area contributed by atoms with Gasteiger partial charge in [-0.25, -0.2) is 0 Å². The van der Waals surface area contributed by atoms with Crippen LogP contribution in [0.25, 0.3) is 0 Å². The van der Waals surface area contributed by atoms with Crippen LogP contribution in [0, 0.1) is 0 Å². The van der Waals surface area contributed by atoms with Crippen molar-refractivity contribution in [3.05, 3.63) is 75.3 Å². The molecule has 25 heavy (non-hydrogen) atoms. The number of furan rings is 1. The number of hydrogen-bond donors (Lipinski definition) is 1. The first-order chi connectivity index (χ1) is 12.1. The zero-order valence-electron chi connectivity index (χ0n) is 13.2. The van der Waals surface area contributed by atoms with Gasteiger partial charge in [-0.3, -0.25) is 9.00 Å². The first-order valence-electron chi connectivity index (χ1n) is 7.65. The Labute approximate surface area is 157 Å². The van der Waals surface area contributed by atoms with Gasteiger partial charge in [0.15, 0.2) is 5.76 Å². The van der Waals surface area contributed by atoms with Crippen LogP contribution in [0.15, 0.2) is 63.2 Å². The predicted octanol–water partition coefficient (Wildman–Crippen LogP) is 4.27. The van der Waals surface area contributed by atoms with Gasteiger partial charge in [0.05, 0.1) is 16.6 Å². The van der Waals surface area contributed by atoms with Gasteiger partial charge >= 0.3 is 0 Å². The maximum atomic E-state index is 12.3. The van der Waals surface area contributed by atoms with E-state index in [-0.39, 0.29) is 17.4 Å². The summed E-state index contributed by atoms with van der Waals surface area (Å²) >= 11 is 7.58. The summed E-state index contributed by atoms with van der Waals surface area (Å²) in [5, 5.41) is 5.37. The summed E-state index contributed by atoms with van der Waals surface area (Å²) in [4.78, 5) is 13.9. The summed E-state index contributed by atoms with van der Waals surface area (Å²) in [6.07, 6.45) is 0.787. The average Bonchev–Trinajstić information content (AvgIpc) is 3.26. The van der Waals surface area contributed by atoms with E-state index >= 15 is 0 Å². The Morgan fingerprint density at radius 2 is 2.08 bits per heavy atom. The molecule has 2 aromatic heterocycles. The third-order valence-corrected chi connectivity index (χ3v) is 5.95. The third kappa shape index (κ3) is 5.04. The fourth-order valence-electron chi connectivity index (χ4n) is 2.24. The number of hydrogen-bond acceptors (Lipinski definition) is 4. The molecular formula is C18H16ClNO3S2. The van der Waals surface area contributed by atoms with E-state index in [1.54, 1.807) is 47.7 Å². The average molecular weight is 394 g/mol. The van der Waals surface area contributed by atoms with E-state index in [4.69, 9.17) is 16.0 Å². The van der Waals surface area contributed by atoms with Crippen LogP contribution in [0.4, 0.5) is 0 Å². The molecule has 3 aromatic rings. The van der Waals surface area contributed by atoms with Crippen molar-refractivity contribution in [1.82, 2.24) is 5.32 Å². The number of halogens is 1. The van der Waals surface area contributed by atoms with Crippen LogP contribution in [-0.4, -0.2) is 16.7 Å². The highest BCUT2D eigenvalue weighted by Crippen LogP contribution is 2.18. The van der Waals surface area contributed by atoms with E-state index in [1.165, 1.54) is 4.88 Å². The number of rotatable bonds is 7. The zero-order chi connectivity index (χ0) is 17.6. The largest absolute Gasteiger partial charge is 0.455 e. The maximum absolute atomic E-state index is 12.3. The number of carbonyl (C=O) groups is 1. The van der Waals surface area contributed by atoms with Gasteiger partial charge < -0.3 is 9.73 Å². The molecule has 0 aliphatic rings. The van der Waals surface area contributed by atoms with Gasteiger partial charge in [0.25, 0.3) is 5.91 Å². The second-order valence-corrected chi connectivity index (χ2v) is 8.22.